The van der Waals surface area contributed by atoms with E-state index in [2.05, 4.69) is 10.1 Å². The van der Waals surface area contributed by atoms with E-state index in [0.717, 1.165) is 0 Å². The summed E-state index contributed by atoms with van der Waals surface area (Å²) in [6, 6.07) is 12.8. The number of esters is 1. The van der Waals surface area contributed by atoms with Crippen LogP contribution in [0.3, 0.4) is 0 Å². The largest absolute Gasteiger partial charge is 0.476 e. The quantitative estimate of drug-likeness (QED) is 0.765. The zero-order chi connectivity index (χ0) is 20.3. The minimum atomic E-state index is -3.57. The summed E-state index contributed by atoms with van der Waals surface area (Å²) >= 11 is 0. The van der Waals surface area contributed by atoms with Gasteiger partial charge in [-0.05, 0) is 43.3 Å². The molecule has 1 aliphatic rings. The summed E-state index contributed by atoms with van der Waals surface area (Å²) in [6.07, 6.45) is -1.02. The van der Waals surface area contributed by atoms with Gasteiger partial charge in [-0.1, -0.05) is 12.1 Å². The predicted molar refractivity (Wildman–Crippen MR) is 104 cm³/mol. The lowest BCUT2D eigenvalue weighted by molar-refractivity contribution is -0.122. The van der Waals surface area contributed by atoms with Gasteiger partial charge in [0.15, 0.2) is 6.10 Å². The summed E-state index contributed by atoms with van der Waals surface area (Å²) in [4.78, 5) is 24.1. The molecule has 9 heteroatoms. The molecule has 2 aromatic carbocycles. The van der Waals surface area contributed by atoms with Gasteiger partial charge in [0.25, 0.3) is 5.91 Å². The van der Waals surface area contributed by atoms with Gasteiger partial charge in [-0.15, -0.1) is 0 Å². The first kappa shape index (κ1) is 19.7. The van der Waals surface area contributed by atoms with Crippen molar-refractivity contribution in [1.29, 1.82) is 0 Å². The summed E-state index contributed by atoms with van der Waals surface area (Å²) in [6.45, 7) is 1.42. The molecule has 0 spiro atoms. The Labute approximate surface area is 163 Å². The van der Waals surface area contributed by atoms with Crippen LogP contribution in [0.1, 0.15) is 17.3 Å². The molecular formula is C19H20N2O6S. The standard InChI is InChI=1S/C19H20N2O6S/c1-3-28(24,25)21-12-17(27-16-7-5-4-6-15(16)21)18(22)20-14-10-8-13(9-11-14)19(23)26-2/h4-11,17H,3,12H2,1-2H3,(H,20,22)/t17-/m1/s1. The number of ether oxygens (including phenoxy) is 2. The van der Waals surface area contributed by atoms with Gasteiger partial charge in [-0.3, -0.25) is 9.10 Å². The summed E-state index contributed by atoms with van der Waals surface area (Å²) in [5, 5.41) is 2.68. The van der Waals surface area contributed by atoms with E-state index >= 15 is 0 Å². The highest BCUT2D eigenvalue weighted by Crippen LogP contribution is 2.35. The first-order chi connectivity index (χ1) is 13.4. The lowest BCUT2D eigenvalue weighted by atomic mass is 10.2. The third kappa shape index (κ3) is 3.94. The van der Waals surface area contributed by atoms with Gasteiger partial charge in [0.05, 0.1) is 30.7 Å². The second-order valence-corrected chi connectivity index (χ2v) is 8.25. The smallest absolute Gasteiger partial charge is 0.337 e. The van der Waals surface area contributed by atoms with Crippen molar-refractivity contribution in [2.24, 2.45) is 0 Å². The van der Waals surface area contributed by atoms with Crippen LogP contribution >= 0.6 is 0 Å². The van der Waals surface area contributed by atoms with Crippen LogP contribution in [0, 0.1) is 0 Å². The van der Waals surface area contributed by atoms with Crippen LogP contribution in [0.4, 0.5) is 11.4 Å². The Bertz CT molecular complexity index is 988. The minimum absolute atomic E-state index is 0.0926. The Hall–Kier alpha value is -3.07. The van der Waals surface area contributed by atoms with E-state index < -0.39 is 28.0 Å². The van der Waals surface area contributed by atoms with Crippen LogP contribution < -0.4 is 14.4 Å². The molecule has 0 unspecified atom stereocenters. The summed E-state index contributed by atoms with van der Waals surface area (Å²) in [5.74, 6) is -0.737. The summed E-state index contributed by atoms with van der Waals surface area (Å²) in [7, 11) is -2.29. The molecule has 148 valence electrons. The van der Waals surface area contributed by atoms with Gasteiger partial charge in [-0.25, -0.2) is 13.2 Å². The number of anilines is 2. The average molecular weight is 404 g/mol. The maximum absolute atomic E-state index is 12.7. The second kappa shape index (κ2) is 7.89. The molecule has 0 bridgehead atoms. The van der Waals surface area contributed by atoms with Crippen LogP contribution in [0.2, 0.25) is 0 Å². The molecule has 1 aliphatic heterocycles. The number of sulfonamides is 1. The van der Waals surface area contributed by atoms with E-state index in [1.165, 1.54) is 23.5 Å². The number of benzene rings is 2. The highest BCUT2D eigenvalue weighted by atomic mass is 32.2. The third-order valence-electron chi connectivity index (χ3n) is 4.30. The lowest BCUT2D eigenvalue weighted by Crippen LogP contribution is -2.49. The van der Waals surface area contributed by atoms with Crippen molar-refractivity contribution in [3.63, 3.8) is 0 Å². The van der Waals surface area contributed by atoms with E-state index in [9.17, 15) is 18.0 Å². The zero-order valence-electron chi connectivity index (χ0n) is 15.4. The number of carbonyl (C=O) groups is 2. The molecule has 8 nitrogen and oxygen atoms in total. The molecular weight excluding hydrogens is 384 g/mol. The molecule has 1 amide bonds. The SMILES string of the molecule is CCS(=O)(=O)N1C[C@H](C(=O)Nc2ccc(C(=O)OC)cc2)Oc2ccccc21. The Kier molecular flexibility index (Phi) is 5.55. The fourth-order valence-corrected chi connectivity index (χ4v) is 3.91. The Balaban J connectivity index is 1.80. The average Bonchev–Trinajstić information content (AvgIpc) is 2.72. The molecule has 0 radical (unpaired) electrons. The summed E-state index contributed by atoms with van der Waals surface area (Å²) in [5.41, 5.74) is 1.21. The Morgan fingerprint density at radius 2 is 1.86 bits per heavy atom. The van der Waals surface area contributed by atoms with Gasteiger partial charge in [-0.2, -0.15) is 0 Å². The number of methoxy groups -OCH3 is 1. The minimum Gasteiger partial charge on any atom is -0.476 e. The van der Waals surface area contributed by atoms with E-state index in [1.54, 1.807) is 43.3 Å². The van der Waals surface area contributed by atoms with Gasteiger partial charge >= 0.3 is 5.97 Å². The van der Waals surface area contributed by atoms with Crippen LogP contribution in [-0.4, -0.2) is 45.8 Å². The monoisotopic (exact) mass is 404 g/mol. The second-order valence-electron chi connectivity index (χ2n) is 6.06. The van der Waals surface area contributed by atoms with Crippen LogP contribution in [0.25, 0.3) is 0 Å². The van der Waals surface area contributed by atoms with Crippen molar-refractivity contribution < 1.29 is 27.5 Å². The maximum atomic E-state index is 12.7. The molecule has 0 saturated carbocycles. The molecule has 0 aliphatic carbocycles. The number of para-hydroxylation sites is 2. The van der Waals surface area contributed by atoms with E-state index in [1.807, 2.05) is 0 Å². The predicted octanol–water partition coefficient (Wildman–Crippen LogP) is 2.03. The highest BCUT2D eigenvalue weighted by molar-refractivity contribution is 7.92. The van der Waals surface area contributed by atoms with E-state index in [4.69, 9.17) is 4.74 Å². The van der Waals surface area contributed by atoms with Crippen LogP contribution in [0.15, 0.2) is 48.5 Å². The van der Waals surface area contributed by atoms with Crippen molar-refractivity contribution in [2.45, 2.75) is 13.0 Å². The van der Waals surface area contributed by atoms with Gasteiger partial charge in [0.2, 0.25) is 10.0 Å². The highest BCUT2D eigenvalue weighted by Gasteiger charge is 2.35. The number of nitrogens with zero attached hydrogens (tertiary/aromatic N) is 1. The number of fused-ring (bicyclic) bond motifs is 1. The lowest BCUT2D eigenvalue weighted by Gasteiger charge is -2.34. The molecule has 1 heterocycles. The van der Waals surface area contributed by atoms with Gasteiger partial charge in [0.1, 0.15) is 5.75 Å². The fraction of sp³-hybridized carbons (Fsp3) is 0.263. The number of rotatable bonds is 5. The van der Waals surface area contributed by atoms with E-state index in [0.29, 0.717) is 22.7 Å². The van der Waals surface area contributed by atoms with Crippen molar-refractivity contribution in [3.05, 3.63) is 54.1 Å². The maximum Gasteiger partial charge on any atom is 0.337 e. The molecule has 2 aromatic rings. The zero-order valence-corrected chi connectivity index (χ0v) is 16.2. The van der Waals surface area contributed by atoms with Gasteiger partial charge < -0.3 is 14.8 Å². The van der Waals surface area contributed by atoms with Crippen molar-refractivity contribution in [3.8, 4) is 5.75 Å². The Morgan fingerprint density at radius 3 is 2.50 bits per heavy atom. The topological polar surface area (TPSA) is 102 Å². The molecule has 1 N–H and O–H groups in total. The van der Waals surface area contributed by atoms with E-state index in [-0.39, 0.29) is 12.3 Å². The number of amides is 1. The number of hydrogen-bond donors (Lipinski definition) is 1. The first-order valence-electron chi connectivity index (χ1n) is 8.61. The first-order valence-corrected chi connectivity index (χ1v) is 10.2. The van der Waals surface area contributed by atoms with Crippen LogP contribution in [-0.2, 0) is 19.6 Å². The molecule has 28 heavy (non-hydrogen) atoms. The Morgan fingerprint density at radius 1 is 1.18 bits per heavy atom. The number of carbonyl (C=O) groups excluding carboxylic acids is 2. The van der Waals surface area contributed by atoms with Crippen molar-refractivity contribution in [1.82, 2.24) is 0 Å². The fourth-order valence-electron chi connectivity index (χ4n) is 2.79. The molecule has 1 atom stereocenters. The van der Waals surface area contributed by atoms with Crippen molar-refractivity contribution in [2.75, 3.05) is 29.0 Å². The third-order valence-corrected chi connectivity index (χ3v) is 6.05. The molecule has 0 aromatic heterocycles. The molecule has 3 rings (SSSR count). The van der Waals surface area contributed by atoms with Crippen LogP contribution in [0.5, 0.6) is 5.75 Å². The summed E-state index contributed by atoms with van der Waals surface area (Å²) < 4.78 is 36.5. The molecule has 0 fully saturated rings. The normalized spacial score (nSPS) is 15.9. The molecule has 0 saturated heterocycles. The number of nitrogens with one attached hydrogen (secondary N) is 1. The van der Waals surface area contributed by atoms with Gasteiger partial charge in [0, 0.05) is 5.69 Å². The van der Waals surface area contributed by atoms with Crippen molar-refractivity contribution >= 4 is 33.3 Å². The number of hydrogen-bond acceptors (Lipinski definition) is 6.